The molecule has 0 aliphatic rings. The highest BCUT2D eigenvalue weighted by molar-refractivity contribution is 9.10. The lowest BCUT2D eigenvalue weighted by atomic mass is 10.2. The molecule has 84 valence electrons. The Labute approximate surface area is 103 Å². The van der Waals surface area contributed by atoms with Crippen LogP contribution < -0.4 is 5.73 Å². The minimum atomic E-state index is 0.710. The summed E-state index contributed by atoms with van der Waals surface area (Å²) in [4.78, 5) is 4.45. The summed E-state index contributed by atoms with van der Waals surface area (Å²) in [5.74, 6) is 1.63. The second kappa shape index (κ2) is 4.25. The first-order valence-corrected chi connectivity index (χ1v) is 5.86. The van der Waals surface area contributed by atoms with Gasteiger partial charge in [-0.05, 0) is 18.2 Å². The number of nitrogens with two attached hydrogens (primary N) is 1. The highest BCUT2D eigenvalue weighted by Gasteiger charge is 2.11. The highest BCUT2D eigenvalue weighted by Crippen LogP contribution is 2.27. The molecule has 4 nitrogen and oxygen atoms in total. The topological polar surface area (TPSA) is 56.7 Å². The van der Waals surface area contributed by atoms with Crippen LogP contribution >= 0.6 is 15.9 Å². The maximum absolute atomic E-state index is 5.94. The molecule has 0 unspecified atom stereocenters. The number of anilines is 1. The maximum atomic E-state index is 5.94. The Kier molecular flexibility index (Phi) is 2.96. The van der Waals surface area contributed by atoms with Gasteiger partial charge in [-0.25, -0.2) is 9.67 Å². The van der Waals surface area contributed by atoms with E-state index in [1.54, 1.807) is 4.68 Å². The number of hydrogen-bond acceptors (Lipinski definition) is 3. The van der Waals surface area contributed by atoms with Gasteiger partial charge >= 0.3 is 0 Å². The van der Waals surface area contributed by atoms with E-state index in [-0.39, 0.29) is 0 Å². The molecular weight excluding hydrogens is 268 g/mol. The lowest BCUT2D eigenvalue weighted by Crippen LogP contribution is -1.98. The van der Waals surface area contributed by atoms with Crippen molar-refractivity contribution < 1.29 is 0 Å². The molecule has 0 aliphatic carbocycles. The highest BCUT2D eigenvalue weighted by atomic mass is 79.9. The van der Waals surface area contributed by atoms with Crippen LogP contribution in [0.5, 0.6) is 0 Å². The fourth-order valence-electron chi connectivity index (χ4n) is 1.54. The van der Waals surface area contributed by atoms with Gasteiger partial charge in [0, 0.05) is 29.2 Å². The van der Waals surface area contributed by atoms with Gasteiger partial charge in [0.2, 0.25) is 0 Å². The molecule has 1 aromatic carbocycles. The normalized spacial score (nSPS) is 10.7. The van der Waals surface area contributed by atoms with E-state index in [9.17, 15) is 0 Å². The van der Waals surface area contributed by atoms with Gasteiger partial charge in [-0.15, -0.1) is 0 Å². The van der Waals surface area contributed by atoms with E-state index >= 15 is 0 Å². The van der Waals surface area contributed by atoms with Crippen LogP contribution in [-0.2, 0) is 13.5 Å². The quantitative estimate of drug-likeness (QED) is 0.860. The van der Waals surface area contributed by atoms with Gasteiger partial charge in [-0.2, -0.15) is 5.10 Å². The van der Waals surface area contributed by atoms with Crippen LogP contribution in [0, 0.1) is 0 Å². The van der Waals surface area contributed by atoms with Crippen molar-refractivity contribution in [1.29, 1.82) is 0 Å². The monoisotopic (exact) mass is 280 g/mol. The number of hydrogen-bond donors (Lipinski definition) is 1. The Hall–Kier alpha value is -1.36. The number of aromatic nitrogens is 3. The minimum Gasteiger partial charge on any atom is -0.398 e. The van der Waals surface area contributed by atoms with Gasteiger partial charge in [0.05, 0.1) is 0 Å². The first-order chi connectivity index (χ1) is 7.61. The van der Waals surface area contributed by atoms with Crippen LogP contribution in [0.1, 0.15) is 12.7 Å². The average Bonchev–Trinajstić information content (AvgIpc) is 2.63. The average molecular weight is 281 g/mol. The third-order valence-electron chi connectivity index (χ3n) is 2.38. The lowest BCUT2D eigenvalue weighted by Gasteiger charge is -2.04. The van der Waals surface area contributed by atoms with Crippen LogP contribution in [0.4, 0.5) is 5.69 Å². The van der Waals surface area contributed by atoms with Gasteiger partial charge in [-0.3, -0.25) is 0 Å². The predicted molar refractivity (Wildman–Crippen MR) is 67.9 cm³/mol. The summed E-state index contributed by atoms with van der Waals surface area (Å²) in [6.07, 6.45) is 0.821. The molecule has 0 saturated heterocycles. The molecule has 1 aromatic heterocycles. The van der Waals surface area contributed by atoms with E-state index in [1.807, 2.05) is 32.2 Å². The summed E-state index contributed by atoms with van der Waals surface area (Å²) >= 11 is 3.43. The zero-order valence-corrected chi connectivity index (χ0v) is 10.8. The van der Waals surface area contributed by atoms with E-state index in [1.165, 1.54) is 0 Å². The second-order valence-corrected chi connectivity index (χ2v) is 4.48. The van der Waals surface area contributed by atoms with E-state index < -0.39 is 0 Å². The predicted octanol–water partition coefficient (Wildman–Crippen LogP) is 2.39. The Bertz CT molecular complexity index is 519. The van der Waals surface area contributed by atoms with Gasteiger partial charge < -0.3 is 5.73 Å². The van der Waals surface area contributed by atoms with Crippen molar-refractivity contribution in [2.75, 3.05) is 5.73 Å². The van der Waals surface area contributed by atoms with Crippen molar-refractivity contribution >= 4 is 21.6 Å². The first kappa shape index (κ1) is 11.1. The van der Waals surface area contributed by atoms with E-state index in [0.717, 1.165) is 28.1 Å². The van der Waals surface area contributed by atoms with Crippen LogP contribution in [-0.4, -0.2) is 14.8 Å². The zero-order valence-electron chi connectivity index (χ0n) is 9.24. The maximum Gasteiger partial charge on any atom is 0.160 e. The van der Waals surface area contributed by atoms with Crippen LogP contribution in [0.2, 0.25) is 0 Å². The largest absolute Gasteiger partial charge is 0.398 e. The number of benzene rings is 1. The van der Waals surface area contributed by atoms with Crippen molar-refractivity contribution in [2.45, 2.75) is 13.3 Å². The number of rotatable bonds is 2. The molecule has 0 fully saturated rings. The fraction of sp³-hybridized carbons (Fsp3) is 0.273. The SMILES string of the molecule is CCc1nc(-c2cc(Br)ccc2N)n(C)n1. The molecule has 0 spiro atoms. The number of nitrogen functional groups attached to an aromatic ring is 1. The van der Waals surface area contributed by atoms with Crippen molar-refractivity contribution in [3.05, 3.63) is 28.5 Å². The van der Waals surface area contributed by atoms with Crippen molar-refractivity contribution in [3.8, 4) is 11.4 Å². The van der Waals surface area contributed by atoms with Crippen molar-refractivity contribution in [1.82, 2.24) is 14.8 Å². The molecule has 1 heterocycles. The Morgan fingerprint density at radius 3 is 2.81 bits per heavy atom. The smallest absolute Gasteiger partial charge is 0.160 e. The van der Waals surface area contributed by atoms with Gasteiger partial charge in [0.15, 0.2) is 11.6 Å². The first-order valence-electron chi connectivity index (χ1n) is 5.07. The summed E-state index contributed by atoms with van der Waals surface area (Å²) in [7, 11) is 1.88. The molecule has 0 bridgehead atoms. The fourth-order valence-corrected chi connectivity index (χ4v) is 1.91. The lowest BCUT2D eigenvalue weighted by molar-refractivity contribution is 0.753. The zero-order chi connectivity index (χ0) is 11.7. The van der Waals surface area contributed by atoms with E-state index in [2.05, 4.69) is 26.0 Å². The number of aryl methyl sites for hydroxylation is 2. The van der Waals surface area contributed by atoms with Crippen LogP contribution in [0.3, 0.4) is 0 Å². The van der Waals surface area contributed by atoms with Gasteiger partial charge in [0.1, 0.15) is 0 Å². The molecule has 16 heavy (non-hydrogen) atoms. The third kappa shape index (κ3) is 1.95. The summed E-state index contributed by atoms with van der Waals surface area (Å²) in [6, 6.07) is 5.73. The standard InChI is InChI=1S/C11H13BrN4/c1-3-10-14-11(16(2)15-10)8-6-7(12)4-5-9(8)13/h4-6H,3,13H2,1-2H3. The third-order valence-corrected chi connectivity index (χ3v) is 2.87. The Balaban J connectivity index is 2.57. The van der Waals surface area contributed by atoms with Crippen LogP contribution in [0.15, 0.2) is 22.7 Å². The molecule has 2 N–H and O–H groups in total. The Morgan fingerprint density at radius 1 is 1.44 bits per heavy atom. The van der Waals surface area contributed by atoms with Crippen molar-refractivity contribution in [2.24, 2.45) is 7.05 Å². The molecule has 2 aromatic rings. The molecule has 0 radical (unpaired) electrons. The minimum absolute atomic E-state index is 0.710. The molecule has 0 amide bonds. The number of halogens is 1. The summed E-state index contributed by atoms with van der Waals surface area (Å²) < 4.78 is 2.74. The molecule has 2 rings (SSSR count). The van der Waals surface area contributed by atoms with Gasteiger partial charge in [0.25, 0.3) is 0 Å². The Morgan fingerprint density at radius 2 is 2.19 bits per heavy atom. The van der Waals surface area contributed by atoms with E-state index in [4.69, 9.17) is 5.73 Å². The molecule has 0 aliphatic heterocycles. The second-order valence-electron chi connectivity index (χ2n) is 3.56. The number of nitrogens with zero attached hydrogens (tertiary/aromatic N) is 3. The summed E-state index contributed by atoms with van der Waals surface area (Å²) in [5.41, 5.74) is 7.56. The molecule has 5 heteroatoms. The molecule has 0 atom stereocenters. The van der Waals surface area contributed by atoms with E-state index in [0.29, 0.717) is 5.69 Å². The van der Waals surface area contributed by atoms with Crippen LogP contribution in [0.25, 0.3) is 11.4 Å². The molecular formula is C11H13BrN4. The van der Waals surface area contributed by atoms with Crippen molar-refractivity contribution in [3.63, 3.8) is 0 Å². The summed E-state index contributed by atoms with van der Waals surface area (Å²) in [5, 5.41) is 4.31. The molecule has 0 saturated carbocycles. The van der Waals surface area contributed by atoms with Gasteiger partial charge in [-0.1, -0.05) is 22.9 Å². The summed E-state index contributed by atoms with van der Waals surface area (Å²) in [6.45, 7) is 2.03.